The zero-order valence-electron chi connectivity index (χ0n) is 17.5. The zero-order chi connectivity index (χ0) is 20.4. The van der Waals surface area contributed by atoms with E-state index in [0.717, 1.165) is 29.9 Å². The van der Waals surface area contributed by atoms with Crippen LogP contribution in [-0.2, 0) is 0 Å². The molecule has 5 heteroatoms. The molecule has 0 aliphatic carbocycles. The lowest BCUT2D eigenvalue weighted by Gasteiger charge is -2.25. The van der Waals surface area contributed by atoms with Crippen molar-refractivity contribution in [2.75, 3.05) is 13.2 Å². The van der Waals surface area contributed by atoms with Crippen LogP contribution < -0.4 is 10.3 Å². The van der Waals surface area contributed by atoms with E-state index in [2.05, 4.69) is 23.7 Å². The quantitative estimate of drug-likeness (QED) is 0.587. The predicted molar refractivity (Wildman–Crippen MR) is 117 cm³/mol. The predicted octanol–water partition coefficient (Wildman–Crippen LogP) is 4.34. The third kappa shape index (κ3) is 4.06. The molecule has 2 aromatic carbocycles. The van der Waals surface area contributed by atoms with E-state index < -0.39 is 0 Å². The molecule has 152 valence electrons. The smallest absolute Gasteiger partial charge is 0.265 e. The molecule has 0 spiro atoms. The van der Waals surface area contributed by atoms with Crippen molar-refractivity contribution in [1.29, 1.82) is 0 Å². The van der Waals surface area contributed by atoms with Gasteiger partial charge in [0.05, 0.1) is 23.2 Å². The van der Waals surface area contributed by atoms with Gasteiger partial charge in [-0.3, -0.25) is 14.3 Å². The highest BCUT2D eigenvalue weighted by molar-refractivity contribution is 5.77. The normalized spacial score (nSPS) is 19.7. The average molecular weight is 392 g/mol. The minimum atomic E-state index is -0.0457. The second-order valence-electron chi connectivity index (χ2n) is 8.03. The van der Waals surface area contributed by atoms with Gasteiger partial charge in [-0.2, -0.15) is 0 Å². The monoisotopic (exact) mass is 391 g/mol. The van der Waals surface area contributed by atoms with Crippen LogP contribution in [0, 0.1) is 6.92 Å². The Bertz CT molecular complexity index is 1030. The Labute approximate surface area is 171 Å². The number of aromatic nitrogens is 2. The highest BCUT2D eigenvalue weighted by Crippen LogP contribution is 2.23. The molecule has 5 nitrogen and oxygen atoms in total. The minimum Gasteiger partial charge on any atom is -0.494 e. The van der Waals surface area contributed by atoms with E-state index in [1.807, 2.05) is 55.5 Å². The molecule has 2 heterocycles. The summed E-state index contributed by atoms with van der Waals surface area (Å²) in [5.74, 6) is 1.51. The molecule has 0 saturated carbocycles. The number of nitrogens with zero attached hydrogens (tertiary/aromatic N) is 3. The first kappa shape index (κ1) is 19.6. The average Bonchev–Trinajstić information content (AvgIpc) is 3.04. The van der Waals surface area contributed by atoms with Crippen LogP contribution in [0.5, 0.6) is 5.75 Å². The largest absolute Gasteiger partial charge is 0.494 e. The van der Waals surface area contributed by atoms with Crippen LogP contribution in [0.15, 0.2) is 53.3 Å². The zero-order valence-corrected chi connectivity index (χ0v) is 17.5. The van der Waals surface area contributed by atoms with E-state index in [1.54, 1.807) is 4.57 Å². The van der Waals surface area contributed by atoms with Crippen molar-refractivity contribution in [2.24, 2.45) is 0 Å². The first-order valence-corrected chi connectivity index (χ1v) is 10.5. The van der Waals surface area contributed by atoms with Crippen LogP contribution in [0.1, 0.15) is 38.9 Å². The van der Waals surface area contributed by atoms with Gasteiger partial charge in [0.15, 0.2) is 0 Å². The molecule has 2 atom stereocenters. The summed E-state index contributed by atoms with van der Waals surface area (Å²) in [6.45, 7) is 8.27. The summed E-state index contributed by atoms with van der Waals surface area (Å²) in [6, 6.07) is 16.5. The molecule has 1 saturated heterocycles. The molecule has 0 unspecified atom stereocenters. The van der Waals surface area contributed by atoms with Gasteiger partial charge >= 0.3 is 0 Å². The molecule has 1 aliphatic rings. The second kappa shape index (κ2) is 8.37. The summed E-state index contributed by atoms with van der Waals surface area (Å²) in [7, 11) is 0. The van der Waals surface area contributed by atoms with E-state index in [1.165, 1.54) is 12.8 Å². The number of benzene rings is 2. The number of hydrogen-bond acceptors (Lipinski definition) is 4. The van der Waals surface area contributed by atoms with Crippen LogP contribution >= 0.6 is 0 Å². The van der Waals surface area contributed by atoms with Gasteiger partial charge in [-0.25, -0.2) is 4.98 Å². The maximum absolute atomic E-state index is 12.9. The van der Waals surface area contributed by atoms with Crippen LogP contribution in [0.25, 0.3) is 16.6 Å². The fraction of sp³-hybridized carbons (Fsp3) is 0.417. The topological polar surface area (TPSA) is 47.4 Å². The van der Waals surface area contributed by atoms with Crippen LogP contribution in [0.2, 0.25) is 0 Å². The third-order valence-electron chi connectivity index (χ3n) is 6.00. The molecule has 1 aromatic heterocycles. The Morgan fingerprint density at radius 2 is 1.72 bits per heavy atom. The van der Waals surface area contributed by atoms with Gasteiger partial charge < -0.3 is 4.74 Å². The number of para-hydroxylation sites is 1. The van der Waals surface area contributed by atoms with Gasteiger partial charge in [0.2, 0.25) is 0 Å². The maximum Gasteiger partial charge on any atom is 0.265 e. The van der Waals surface area contributed by atoms with Gasteiger partial charge in [0.25, 0.3) is 5.56 Å². The molecule has 29 heavy (non-hydrogen) atoms. The molecule has 4 rings (SSSR count). The minimum absolute atomic E-state index is 0.0457. The fourth-order valence-corrected chi connectivity index (χ4v) is 4.37. The molecule has 0 N–H and O–H groups in total. The number of hydrogen-bond donors (Lipinski definition) is 0. The van der Waals surface area contributed by atoms with Crippen LogP contribution in [-0.4, -0.2) is 39.7 Å². The Morgan fingerprint density at radius 1 is 1.03 bits per heavy atom. The van der Waals surface area contributed by atoms with E-state index in [0.29, 0.717) is 29.9 Å². The standard InChI is InChI=1S/C24H29N3O2/c1-17-9-10-18(2)26(17)15-6-16-29-21-13-11-20(12-14-21)27-19(3)25-23-8-5-4-7-22(23)24(27)28/h4-5,7-8,11-14,17-18H,6,9-10,15-16H2,1-3H3/t17-,18-/m1/s1. The first-order valence-electron chi connectivity index (χ1n) is 10.5. The fourth-order valence-electron chi connectivity index (χ4n) is 4.37. The molecule has 1 aliphatic heterocycles. The molecule has 3 aromatic rings. The van der Waals surface area contributed by atoms with Gasteiger partial charge in [-0.15, -0.1) is 0 Å². The van der Waals surface area contributed by atoms with E-state index in [9.17, 15) is 4.79 Å². The lowest BCUT2D eigenvalue weighted by Crippen LogP contribution is -2.34. The second-order valence-corrected chi connectivity index (χ2v) is 8.03. The van der Waals surface area contributed by atoms with Crippen molar-refractivity contribution < 1.29 is 4.74 Å². The Morgan fingerprint density at radius 3 is 2.45 bits per heavy atom. The van der Waals surface area contributed by atoms with Gasteiger partial charge in [-0.05, 0) is 76.4 Å². The van der Waals surface area contributed by atoms with E-state index in [4.69, 9.17) is 4.74 Å². The molecular formula is C24H29N3O2. The van der Waals surface area contributed by atoms with Gasteiger partial charge in [0, 0.05) is 18.6 Å². The highest BCUT2D eigenvalue weighted by atomic mass is 16.5. The van der Waals surface area contributed by atoms with Crippen molar-refractivity contribution >= 4 is 10.9 Å². The van der Waals surface area contributed by atoms with Crippen LogP contribution in [0.3, 0.4) is 0 Å². The maximum atomic E-state index is 12.9. The summed E-state index contributed by atoms with van der Waals surface area (Å²) >= 11 is 0. The first-order chi connectivity index (χ1) is 14.0. The molecule has 1 fully saturated rings. The highest BCUT2D eigenvalue weighted by Gasteiger charge is 2.26. The summed E-state index contributed by atoms with van der Waals surface area (Å²) in [5.41, 5.74) is 1.49. The van der Waals surface area contributed by atoms with E-state index >= 15 is 0 Å². The van der Waals surface area contributed by atoms with Crippen molar-refractivity contribution in [2.45, 2.75) is 52.1 Å². The SMILES string of the molecule is Cc1nc2ccccc2c(=O)n1-c1ccc(OCCCN2[C@H](C)CC[C@H]2C)cc1. The third-order valence-corrected chi connectivity index (χ3v) is 6.00. The number of aryl methyl sites for hydroxylation is 1. The summed E-state index contributed by atoms with van der Waals surface area (Å²) < 4.78 is 7.58. The van der Waals surface area contributed by atoms with E-state index in [-0.39, 0.29) is 5.56 Å². The van der Waals surface area contributed by atoms with Crippen molar-refractivity contribution in [3.8, 4) is 11.4 Å². The van der Waals surface area contributed by atoms with Gasteiger partial charge in [-0.1, -0.05) is 12.1 Å². The lowest BCUT2D eigenvalue weighted by atomic mass is 10.2. The molecular weight excluding hydrogens is 362 g/mol. The number of fused-ring (bicyclic) bond motifs is 1. The summed E-state index contributed by atoms with van der Waals surface area (Å²) in [6.07, 6.45) is 3.61. The Balaban J connectivity index is 1.42. The molecule has 0 radical (unpaired) electrons. The number of ether oxygens (including phenoxy) is 1. The Kier molecular flexibility index (Phi) is 5.67. The summed E-state index contributed by atoms with van der Waals surface area (Å²) in [5, 5.41) is 0.629. The lowest BCUT2D eigenvalue weighted by molar-refractivity contribution is 0.191. The van der Waals surface area contributed by atoms with Crippen molar-refractivity contribution in [1.82, 2.24) is 14.5 Å². The molecule has 0 amide bonds. The van der Waals surface area contributed by atoms with Crippen molar-refractivity contribution in [3.05, 3.63) is 64.7 Å². The van der Waals surface area contributed by atoms with Crippen molar-refractivity contribution in [3.63, 3.8) is 0 Å². The number of rotatable bonds is 6. The Hall–Kier alpha value is -2.66. The molecule has 0 bridgehead atoms. The summed E-state index contributed by atoms with van der Waals surface area (Å²) in [4.78, 5) is 20.1. The van der Waals surface area contributed by atoms with Gasteiger partial charge in [0.1, 0.15) is 11.6 Å². The van der Waals surface area contributed by atoms with Crippen LogP contribution in [0.4, 0.5) is 0 Å². The number of likely N-dealkylation sites (tertiary alicyclic amines) is 1.